The number of hydrogen-bond donors (Lipinski definition) is 2. The predicted octanol–water partition coefficient (Wildman–Crippen LogP) is 6.70. The molecule has 0 radical (unpaired) electrons. The summed E-state index contributed by atoms with van der Waals surface area (Å²) in [6, 6.07) is 22.9. The molecule has 2 aromatic carbocycles. The lowest BCUT2D eigenvalue weighted by molar-refractivity contribution is 0.0888. The smallest absolute Gasteiger partial charge is 0.271 e. The maximum Gasteiger partial charge on any atom is 0.271 e. The fourth-order valence-corrected chi connectivity index (χ4v) is 6.69. The van der Waals surface area contributed by atoms with Gasteiger partial charge >= 0.3 is 0 Å². The molecule has 9 nitrogen and oxygen atoms in total. The molecule has 0 spiro atoms. The van der Waals surface area contributed by atoms with Crippen LogP contribution >= 0.6 is 0 Å². The van der Waals surface area contributed by atoms with Crippen molar-refractivity contribution in [1.82, 2.24) is 29.9 Å². The quantitative estimate of drug-likeness (QED) is 0.185. The molecule has 1 aliphatic carbocycles. The fraction of sp³-hybridized carbons (Fsp3) is 0.316. The van der Waals surface area contributed by atoms with Gasteiger partial charge in [0.25, 0.3) is 11.8 Å². The number of fused-ring (bicyclic) bond motifs is 1. The largest absolute Gasteiger partial charge is 0.438 e. The van der Waals surface area contributed by atoms with E-state index in [2.05, 4.69) is 49.8 Å². The van der Waals surface area contributed by atoms with Crippen LogP contribution in [0, 0.1) is 12.7 Å². The Hall–Kier alpha value is -5.09. The van der Waals surface area contributed by atoms with Crippen molar-refractivity contribution in [3.8, 4) is 22.8 Å². The number of hydrogen-bond acceptors (Lipinski definition) is 6. The molecule has 2 amide bonds. The zero-order chi connectivity index (χ0) is 33.0. The summed E-state index contributed by atoms with van der Waals surface area (Å²) in [6.45, 7) is 5.25. The molecular weight excluding hydrogens is 607 g/mol. The van der Waals surface area contributed by atoms with E-state index in [9.17, 15) is 14.0 Å². The van der Waals surface area contributed by atoms with Gasteiger partial charge in [0.2, 0.25) is 5.88 Å². The standard InChI is InChI=1S/C38H39FN6O3/c1-25-6-4-9-35-43-34(24-45(25)35)37(47)42-31-16-14-30(15-17-31)41-36(46)33-21-29(39)22-40-38(33)48-32-8-5-7-28(20-32)27-12-10-26(11-13-27)23-44-18-2-3-19-44/h4-13,20-22,24,30-31H,2-3,14-19,23H2,1H3,(H,41,46)(H,42,47). The summed E-state index contributed by atoms with van der Waals surface area (Å²) in [5, 5.41) is 6.12. The van der Waals surface area contributed by atoms with Gasteiger partial charge in [-0.15, -0.1) is 0 Å². The molecule has 4 heterocycles. The fourth-order valence-electron chi connectivity index (χ4n) is 6.69. The number of aromatic nitrogens is 3. The predicted molar refractivity (Wildman–Crippen MR) is 182 cm³/mol. The topological polar surface area (TPSA) is 101 Å². The first kappa shape index (κ1) is 31.5. The Morgan fingerprint density at radius 1 is 0.875 bits per heavy atom. The summed E-state index contributed by atoms with van der Waals surface area (Å²) in [7, 11) is 0. The van der Waals surface area contributed by atoms with E-state index in [-0.39, 0.29) is 29.4 Å². The number of nitrogens with zero attached hydrogens (tertiary/aromatic N) is 4. The molecule has 2 aliphatic rings. The molecule has 48 heavy (non-hydrogen) atoms. The highest BCUT2D eigenvalue weighted by Crippen LogP contribution is 2.30. The highest BCUT2D eigenvalue weighted by molar-refractivity contribution is 5.96. The number of likely N-dealkylation sites (tertiary alicyclic amines) is 1. The summed E-state index contributed by atoms with van der Waals surface area (Å²) in [5.74, 6) is -0.746. The van der Waals surface area contributed by atoms with Crippen molar-refractivity contribution in [3.05, 3.63) is 114 Å². The van der Waals surface area contributed by atoms with Gasteiger partial charge in [-0.3, -0.25) is 14.5 Å². The maximum atomic E-state index is 14.3. The van der Waals surface area contributed by atoms with Crippen molar-refractivity contribution in [1.29, 1.82) is 0 Å². The number of imidazole rings is 1. The number of nitrogens with one attached hydrogen (secondary N) is 2. The summed E-state index contributed by atoms with van der Waals surface area (Å²) >= 11 is 0. The van der Waals surface area contributed by atoms with Crippen molar-refractivity contribution in [2.24, 2.45) is 0 Å². The van der Waals surface area contributed by atoms with E-state index < -0.39 is 11.7 Å². The number of rotatable bonds is 9. The summed E-state index contributed by atoms with van der Waals surface area (Å²) in [6.07, 6.45) is 8.06. The number of amides is 2. The average molecular weight is 647 g/mol. The molecule has 3 aromatic heterocycles. The molecule has 2 fully saturated rings. The Kier molecular flexibility index (Phi) is 9.16. The summed E-state index contributed by atoms with van der Waals surface area (Å²) < 4.78 is 22.3. The van der Waals surface area contributed by atoms with Gasteiger partial charge in [-0.2, -0.15) is 0 Å². The van der Waals surface area contributed by atoms with E-state index in [0.29, 0.717) is 37.1 Å². The van der Waals surface area contributed by atoms with Crippen LogP contribution in [-0.2, 0) is 6.54 Å². The minimum Gasteiger partial charge on any atom is -0.438 e. The minimum atomic E-state index is -0.621. The Labute approximate surface area is 279 Å². The highest BCUT2D eigenvalue weighted by atomic mass is 19.1. The molecule has 5 aromatic rings. The van der Waals surface area contributed by atoms with Crippen LogP contribution in [0.2, 0.25) is 0 Å². The van der Waals surface area contributed by atoms with Gasteiger partial charge in [0.1, 0.15) is 28.5 Å². The lowest BCUT2D eigenvalue weighted by Crippen LogP contribution is -2.44. The van der Waals surface area contributed by atoms with Crippen LogP contribution in [0.15, 0.2) is 85.2 Å². The average Bonchev–Trinajstić information content (AvgIpc) is 3.78. The van der Waals surface area contributed by atoms with E-state index in [1.165, 1.54) is 18.4 Å². The molecule has 246 valence electrons. The van der Waals surface area contributed by atoms with E-state index in [1.54, 1.807) is 12.3 Å². The lowest BCUT2D eigenvalue weighted by Gasteiger charge is -2.29. The van der Waals surface area contributed by atoms with E-state index >= 15 is 0 Å². The molecule has 2 N–H and O–H groups in total. The van der Waals surface area contributed by atoms with E-state index in [4.69, 9.17) is 4.74 Å². The van der Waals surface area contributed by atoms with Crippen LogP contribution in [0.4, 0.5) is 4.39 Å². The summed E-state index contributed by atoms with van der Waals surface area (Å²) in [5.41, 5.74) is 5.44. The second kappa shape index (κ2) is 13.9. The molecule has 7 rings (SSSR count). The third kappa shape index (κ3) is 7.23. The molecule has 0 unspecified atom stereocenters. The minimum absolute atomic E-state index is 0.0279. The normalized spacial score (nSPS) is 18.1. The maximum absolute atomic E-state index is 14.3. The number of halogens is 1. The van der Waals surface area contributed by atoms with E-state index in [1.807, 2.05) is 47.7 Å². The van der Waals surface area contributed by atoms with Crippen LogP contribution in [0.25, 0.3) is 16.8 Å². The van der Waals surface area contributed by atoms with Crippen molar-refractivity contribution in [3.63, 3.8) is 0 Å². The van der Waals surface area contributed by atoms with Gasteiger partial charge in [0, 0.05) is 30.5 Å². The third-order valence-electron chi connectivity index (χ3n) is 9.33. The van der Waals surface area contributed by atoms with Gasteiger partial charge < -0.3 is 19.8 Å². The Balaban J connectivity index is 0.958. The first-order chi connectivity index (χ1) is 23.4. The monoisotopic (exact) mass is 646 g/mol. The lowest BCUT2D eigenvalue weighted by atomic mass is 9.91. The van der Waals surface area contributed by atoms with Gasteiger partial charge in [0.05, 0.1) is 6.20 Å². The van der Waals surface area contributed by atoms with Crippen LogP contribution in [-0.4, -0.2) is 56.3 Å². The second-order valence-electron chi connectivity index (χ2n) is 12.8. The van der Waals surface area contributed by atoms with Crippen LogP contribution in [0.5, 0.6) is 11.6 Å². The zero-order valence-electron chi connectivity index (χ0n) is 27.0. The number of benzene rings is 2. The zero-order valence-corrected chi connectivity index (χ0v) is 27.0. The number of aryl methyl sites for hydroxylation is 1. The Bertz CT molecular complexity index is 1930. The first-order valence-electron chi connectivity index (χ1n) is 16.7. The highest BCUT2D eigenvalue weighted by Gasteiger charge is 2.26. The van der Waals surface area contributed by atoms with Gasteiger partial charge in [0.15, 0.2) is 0 Å². The Morgan fingerprint density at radius 2 is 1.58 bits per heavy atom. The number of carbonyl (C=O) groups excluding carboxylic acids is 2. The van der Waals surface area contributed by atoms with E-state index in [0.717, 1.165) is 54.4 Å². The van der Waals surface area contributed by atoms with Gasteiger partial charge in [-0.05, 0) is 106 Å². The molecule has 10 heteroatoms. The summed E-state index contributed by atoms with van der Waals surface area (Å²) in [4.78, 5) is 37.4. The molecular formula is C38H39FN6O3. The molecule has 0 atom stereocenters. The molecule has 1 saturated carbocycles. The van der Waals surface area contributed by atoms with Crippen LogP contribution in [0.1, 0.15) is 70.6 Å². The molecule has 1 saturated heterocycles. The van der Waals surface area contributed by atoms with Crippen LogP contribution < -0.4 is 15.4 Å². The second-order valence-corrected chi connectivity index (χ2v) is 12.8. The third-order valence-corrected chi connectivity index (χ3v) is 9.33. The van der Waals surface area contributed by atoms with Crippen molar-refractivity contribution in [2.45, 2.75) is 64.1 Å². The van der Waals surface area contributed by atoms with Crippen molar-refractivity contribution >= 4 is 17.5 Å². The van der Waals surface area contributed by atoms with Gasteiger partial charge in [-0.25, -0.2) is 14.4 Å². The Morgan fingerprint density at radius 3 is 2.31 bits per heavy atom. The van der Waals surface area contributed by atoms with Crippen molar-refractivity contribution < 1.29 is 18.7 Å². The molecule has 1 aliphatic heterocycles. The number of carbonyl (C=O) groups is 2. The van der Waals surface area contributed by atoms with Crippen molar-refractivity contribution in [2.75, 3.05) is 13.1 Å². The van der Waals surface area contributed by atoms with Gasteiger partial charge in [-0.1, -0.05) is 42.5 Å². The SMILES string of the molecule is Cc1cccc2nc(C(=O)NC3CCC(NC(=O)c4cc(F)cnc4Oc4cccc(-c5ccc(CN6CCCC6)cc5)c4)CC3)cn12. The van der Waals surface area contributed by atoms with Crippen LogP contribution in [0.3, 0.4) is 0 Å². The number of pyridine rings is 2. The molecule has 0 bridgehead atoms. The first-order valence-corrected chi connectivity index (χ1v) is 16.7. The number of ether oxygens (including phenoxy) is 1.